The Balaban J connectivity index is 1.23. The van der Waals surface area contributed by atoms with E-state index in [9.17, 15) is 18.4 Å². The number of carbonyl (C=O) groups excluding carboxylic acids is 2. The molecule has 0 spiro atoms. The number of piperazine rings is 1. The summed E-state index contributed by atoms with van der Waals surface area (Å²) in [6, 6.07) is 10.9. The summed E-state index contributed by atoms with van der Waals surface area (Å²) in [6.07, 6.45) is -0.230. The highest BCUT2D eigenvalue weighted by Gasteiger charge is 2.33. The molecule has 0 bridgehead atoms. The minimum Gasteiger partial charge on any atom is -0.497 e. The zero-order valence-corrected chi connectivity index (χ0v) is 19.0. The summed E-state index contributed by atoms with van der Waals surface area (Å²) in [4.78, 5) is 28.6. The number of nitrogens with zero attached hydrogens (tertiary/aromatic N) is 5. The lowest BCUT2D eigenvalue weighted by atomic mass is 10.1. The Morgan fingerprint density at radius 2 is 1.60 bits per heavy atom. The Labute approximate surface area is 199 Å². The Morgan fingerprint density at radius 3 is 2.23 bits per heavy atom. The number of ether oxygens (including phenoxy) is 2. The summed E-state index contributed by atoms with van der Waals surface area (Å²) in [5.41, 5.74) is 1.18. The average Bonchev–Trinajstić information content (AvgIpc) is 3.31. The van der Waals surface area contributed by atoms with Crippen molar-refractivity contribution in [1.82, 2.24) is 24.8 Å². The van der Waals surface area contributed by atoms with E-state index >= 15 is 0 Å². The van der Waals surface area contributed by atoms with Crippen LogP contribution >= 0.6 is 0 Å². The summed E-state index contributed by atoms with van der Waals surface area (Å²) >= 11 is 0. The van der Waals surface area contributed by atoms with Crippen LogP contribution in [0.3, 0.4) is 0 Å². The number of hydrogen-bond donors (Lipinski definition) is 0. The van der Waals surface area contributed by atoms with Crippen LogP contribution in [0.1, 0.15) is 38.2 Å². The molecule has 0 aliphatic carbocycles. The zero-order valence-electron chi connectivity index (χ0n) is 19.0. The molecule has 2 aliphatic heterocycles. The minimum atomic E-state index is -0.905. The van der Waals surface area contributed by atoms with Gasteiger partial charge in [-0.3, -0.25) is 9.59 Å². The number of fused-ring (bicyclic) bond motifs is 1. The molecule has 11 heteroatoms. The van der Waals surface area contributed by atoms with Crippen molar-refractivity contribution in [2.75, 3.05) is 33.3 Å². The SMILES string of the molecule is COc1ccc([C@@H]2Cn3nnc(C(=O)N4CCN(C(=O)c5c(F)cccc5F)CC4)c3CO2)cc1. The lowest BCUT2D eigenvalue weighted by Gasteiger charge is -2.34. The molecule has 35 heavy (non-hydrogen) atoms. The van der Waals surface area contributed by atoms with Gasteiger partial charge in [0.15, 0.2) is 5.69 Å². The minimum absolute atomic E-state index is 0.151. The van der Waals surface area contributed by atoms with E-state index in [4.69, 9.17) is 9.47 Å². The quantitative estimate of drug-likeness (QED) is 0.566. The molecule has 1 saturated heterocycles. The molecule has 3 aromatic rings. The summed E-state index contributed by atoms with van der Waals surface area (Å²) < 4.78 is 40.8. The first-order chi connectivity index (χ1) is 17.0. The van der Waals surface area contributed by atoms with Crippen LogP contribution in [-0.4, -0.2) is 69.9 Å². The lowest BCUT2D eigenvalue weighted by molar-refractivity contribution is -0.00204. The summed E-state index contributed by atoms with van der Waals surface area (Å²) in [5.74, 6) is -2.11. The first-order valence-electron chi connectivity index (χ1n) is 11.2. The Morgan fingerprint density at radius 1 is 0.971 bits per heavy atom. The molecule has 0 saturated carbocycles. The molecule has 9 nitrogen and oxygen atoms in total. The van der Waals surface area contributed by atoms with Crippen LogP contribution in [0.15, 0.2) is 42.5 Å². The van der Waals surface area contributed by atoms with Gasteiger partial charge in [0.1, 0.15) is 29.1 Å². The van der Waals surface area contributed by atoms with Gasteiger partial charge in [-0.25, -0.2) is 13.5 Å². The third-order valence-electron chi connectivity index (χ3n) is 6.32. The molecule has 0 radical (unpaired) electrons. The van der Waals surface area contributed by atoms with Crippen LogP contribution in [0.2, 0.25) is 0 Å². The monoisotopic (exact) mass is 483 g/mol. The summed E-state index contributed by atoms with van der Waals surface area (Å²) in [5, 5.41) is 8.25. The molecule has 1 fully saturated rings. The van der Waals surface area contributed by atoms with E-state index in [-0.39, 0.29) is 50.5 Å². The highest BCUT2D eigenvalue weighted by Crippen LogP contribution is 2.28. The van der Waals surface area contributed by atoms with Gasteiger partial charge in [0.25, 0.3) is 11.8 Å². The Bertz CT molecular complexity index is 1240. The van der Waals surface area contributed by atoms with Gasteiger partial charge < -0.3 is 19.3 Å². The predicted molar refractivity (Wildman–Crippen MR) is 119 cm³/mol. The largest absolute Gasteiger partial charge is 0.497 e. The molecule has 182 valence electrons. The Hall–Kier alpha value is -3.86. The van der Waals surface area contributed by atoms with Gasteiger partial charge in [-0.2, -0.15) is 0 Å². The van der Waals surface area contributed by atoms with Gasteiger partial charge in [-0.15, -0.1) is 5.10 Å². The van der Waals surface area contributed by atoms with Crippen LogP contribution < -0.4 is 4.74 Å². The maximum atomic E-state index is 14.0. The fourth-order valence-electron chi connectivity index (χ4n) is 4.32. The zero-order chi connectivity index (χ0) is 24.5. The van der Waals surface area contributed by atoms with Crippen LogP contribution in [-0.2, 0) is 17.9 Å². The first-order valence-corrected chi connectivity index (χ1v) is 11.2. The van der Waals surface area contributed by atoms with Gasteiger partial charge >= 0.3 is 0 Å². The van der Waals surface area contributed by atoms with E-state index in [2.05, 4.69) is 10.3 Å². The fourth-order valence-corrected chi connectivity index (χ4v) is 4.32. The molecule has 1 aromatic heterocycles. The number of hydrogen-bond acceptors (Lipinski definition) is 6. The van der Waals surface area contributed by atoms with E-state index in [1.807, 2.05) is 24.3 Å². The number of methoxy groups -OCH3 is 1. The van der Waals surface area contributed by atoms with E-state index in [0.29, 0.717) is 12.2 Å². The molecule has 2 amide bonds. The van der Waals surface area contributed by atoms with Gasteiger partial charge in [0.05, 0.1) is 26.0 Å². The number of benzene rings is 2. The number of carbonyl (C=O) groups is 2. The second kappa shape index (κ2) is 9.41. The summed E-state index contributed by atoms with van der Waals surface area (Å²) in [6.45, 7) is 1.31. The highest BCUT2D eigenvalue weighted by molar-refractivity contribution is 5.96. The third-order valence-corrected chi connectivity index (χ3v) is 6.32. The van der Waals surface area contributed by atoms with Crippen LogP contribution in [0.4, 0.5) is 8.78 Å². The van der Waals surface area contributed by atoms with E-state index in [1.54, 1.807) is 16.7 Å². The number of aromatic nitrogens is 3. The lowest BCUT2D eigenvalue weighted by Crippen LogP contribution is -2.51. The van der Waals surface area contributed by atoms with E-state index in [0.717, 1.165) is 23.4 Å². The van der Waals surface area contributed by atoms with Crippen molar-refractivity contribution in [3.8, 4) is 5.75 Å². The smallest absolute Gasteiger partial charge is 0.276 e. The molecular weight excluding hydrogens is 460 g/mol. The molecular formula is C24H23F2N5O4. The normalized spacial score (nSPS) is 17.7. The van der Waals surface area contributed by atoms with Gasteiger partial charge in [0, 0.05) is 26.2 Å². The molecule has 0 N–H and O–H groups in total. The van der Waals surface area contributed by atoms with Crippen LogP contribution in [0.25, 0.3) is 0 Å². The van der Waals surface area contributed by atoms with Gasteiger partial charge in [0.2, 0.25) is 0 Å². The molecule has 2 aromatic carbocycles. The maximum Gasteiger partial charge on any atom is 0.276 e. The number of amides is 2. The van der Waals surface area contributed by atoms with Crippen LogP contribution in [0, 0.1) is 11.6 Å². The fraction of sp³-hybridized carbons (Fsp3) is 0.333. The molecule has 2 aliphatic rings. The molecule has 1 atom stereocenters. The van der Waals surface area contributed by atoms with Gasteiger partial charge in [-0.1, -0.05) is 23.4 Å². The molecule has 0 unspecified atom stereocenters. The second-order valence-electron chi connectivity index (χ2n) is 8.32. The van der Waals surface area contributed by atoms with Crippen molar-refractivity contribution in [3.63, 3.8) is 0 Å². The number of halogens is 2. The van der Waals surface area contributed by atoms with Crippen molar-refractivity contribution >= 4 is 11.8 Å². The standard InChI is InChI=1S/C24H23F2N5O4/c1-34-16-7-5-15(6-8-16)20-13-31-19(14-35-20)22(27-28-31)24(33)30-11-9-29(10-12-30)23(32)21-17(25)3-2-4-18(21)26/h2-8,20H,9-14H2,1H3/t20-/m0/s1. The second-order valence-corrected chi connectivity index (χ2v) is 8.32. The van der Waals surface area contributed by atoms with Crippen LogP contribution in [0.5, 0.6) is 5.75 Å². The van der Waals surface area contributed by atoms with Gasteiger partial charge in [-0.05, 0) is 29.8 Å². The van der Waals surface area contributed by atoms with Crippen molar-refractivity contribution in [2.24, 2.45) is 0 Å². The van der Waals surface area contributed by atoms with Crippen molar-refractivity contribution in [1.29, 1.82) is 0 Å². The number of rotatable bonds is 4. The highest BCUT2D eigenvalue weighted by atomic mass is 19.1. The van der Waals surface area contributed by atoms with E-state index in [1.165, 1.54) is 11.0 Å². The topological polar surface area (TPSA) is 89.8 Å². The molecule has 5 rings (SSSR count). The summed E-state index contributed by atoms with van der Waals surface area (Å²) in [7, 11) is 1.60. The third kappa shape index (κ3) is 4.34. The van der Waals surface area contributed by atoms with Crippen molar-refractivity contribution in [2.45, 2.75) is 19.3 Å². The van der Waals surface area contributed by atoms with Crippen molar-refractivity contribution < 1.29 is 27.8 Å². The molecule has 3 heterocycles. The predicted octanol–water partition coefficient (Wildman–Crippen LogP) is 2.43. The van der Waals surface area contributed by atoms with E-state index < -0.39 is 23.1 Å². The maximum absolute atomic E-state index is 14.0. The average molecular weight is 483 g/mol. The Kier molecular flexibility index (Phi) is 6.16. The first kappa shape index (κ1) is 22.9. The van der Waals surface area contributed by atoms with Crippen molar-refractivity contribution in [3.05, 3.63) is 76.6 Å².